The fraction of sp³-hybridized carbons (Fsp3) is 0.526. The van der Waals surface area contributed by atoms with Gasteiger partial charge in [0.15, 0.2) is 18.2 Å². The lowest BCUT2D eigenvalue weighted by atomic mass is 9.98. The van der Waals surface area contributed by atoms with E-state index in [0.717, 1.165) is 0 Å². The van der Waals surface area contributed by atoms with Gasteiger partial charge < -0.3 is 39.7 Å². The minimum atomic E-state index is -1.55. The fourth-order valence-corrected chi connectivity index (χ4v) is 3.25. The highest BCUT2D eigenvalue weighted by Crippen LogP contribution is 2.39. The number of rotatable bonds is 6. The average Bonchev–Trinajstić information content (AvgIpc) is 3.01. The summed E-state index contributed by atoms with van der Waals surface area (Å²) in [5.41, 5.74) is 1.25. The van der Waals surface area contributed by atoms with Gasteiger partial charge in [-0.05, 0) is 30.7 Å². The summed E-state index contributed by atoms with van der Waals surface area (Å²) < 4.78 is 16.4. The van der Waals surface area contributed by atoms with Gasteiger partial charge in [-0.15, -0.1) is 0 Å². The molecule has 2 heterocycles. The molecule has 0 amide bonds. The molecule has 0 spiro atoms. The highest BCUT2D eigenvalue weighted by molar-refractivity contribution is 5.94. The van der Waals surface area contributed by atoms with Crippen LogP contribution in [0.4, 0.5) is 0 Å². The number of aliphatic hydroxyl groups excluding tert-OH is 5. The van der Waals surface area contributed by atoms with Crippen molar-refractivity contribution in [3.05, 3.63) is 41.5 Å². The van der Waals surface area contributed by atoms with Gasteiger partial charge in [0, 0.05) is 11.1 Å². The van der Waals surface area contributed by atoms with Crippen LogP contribution >= 0.6 is 0 Å². The number of carbonyl (C=O) groups is 1. The van der Waals surface area contributed by atoms with Crippen LogP contribution in [0, 0.1) is 0 Å². The minimum absolute atomic E-state index is 0.136. The van der Waals surface area contributed by atoms with E-state index in [4.69, 9.17) is 14.2 Å². The second-order valence-corrected chi connectivity index (χ2v) is 6.96. The molecule has 2 aliphatic rings. The van der Waals surface area contributed by atoms with Crippen molar-refractivity contribution in [3.8, 4) is 5.75 Å². The monoisotopic (exact) mass is 396 g/mol. The maximum absolute atomic E-state index is 11.5. The summed E-state index contributed by atoms with van der Waals surface area (Å²) in [6.45, 7) is 4.51. The molecule has 0 aliphatic carbocycles. The zero-order valence-corrected chi connectivity index (χ0v) is 15.3. The largest absolute Gasteiger partial charge is 0.483 e. The summed E-state index contributed by atoms with van der Waals surface area (Å²) in [6.07, 6.45) is -8.84. The Balaban J connectivity index is 1.63. The smallest absolute Gasteiger partial charge is 0.187 e. The maximum atomic E-state index is 11.5. The molecule has 0 saturated carbocycles. The van der Waals surface area contributed by atoms with E-state index >= 15 is 0 Å². The topological polar surface area (TPSA) is 146 Å². The van der Waals surface area contributed by atoms with Gasteiger partial charge in [-0.2, -0.15) is 0 Å². The van der Waals surface area contributed by atoms with Crippen LogP contribution in [0.3, 0.4) is 0 Å². The van der Waals surface area contributed by atoms with Crippen molar-refractivity contribution in [1.82, 2.24) is 0 Å². The molecule has 1 saturated heterocycles. The summed E-state index contributed by atoms with van der Waals surface area (Å²) in [7, 11) is 0. The first kappa shape index (κ1) is 20.9. The summed E-state index contributed by atoms with van der Waals surface area (Å²) in [6, 6.07) is 4.76. The van der Waals surface area contributed by atoms with Gasteiger partial charge >= 0.3 is 0 Å². The lowest BCUT2D eigenvalue weighted by molar-refractivity contribution is -0.299. The van der Waals surface area contributed by atoms with Gasteiger partial charge in [0.2, 0.25) is 0 Å². The third-order valence-corrected chi connectivity index (χ3v) is 4.96. The summed E-state index contributed by atoms with van der Waals surface area (Å²) in [5, 5.41) is 49.3. The van der Waals surface area contributed by atoms with Crippen molar-refractivity contribution in [2.24, 2.45) is 0 Å². The molecule has 154 valence electrons. The van der Waals surface area contributed by atoms with Gasteiger partial charge in [-0.1, -0.05) is 6.58 Å². The quantitative estimate of drug-likeness (QED) is 0.304. The summed E-state index contributed by atoms with van der Waals surface area (Å²) >= 11 is 0. The number of ketones is 1. The van der Waals surface area contributed by atoms with Gasteiger partial charge in [0.1, 0.15) is 36.3 Å². The van der Waals surface area contributed by atoms with Crippen molar-refractivity contribution in [2.75, 3.05) is 13.2 Å². The maximum Gasteiger partial charge on any atom is 0.187 e. The Morgan fingerprint density at radius 3 is 2.54 bits per heavy atom. The minimum Gasteiger partial charge on any atom is -0.483 e. The molecule has 9 nitrogen and oxygen atoms in total. The Morgan fingerprint density at radius 1 is 1.18 bits per heavy atom. The van der Waals surface area contributed by atoms with E-state index in [9.17, 15) is 30.3 Å². The molecule has 0 radical (unpaired) electrons. The number of ether oxygens (including phenoxy) is 3. The first-order chi connectivity index (χ1) is 13.2. The number of fused-ring (bicyclic) bond motifs is 1. The Hall–Kier alpha value is -1.85. The van der Waals surface area contributed by atoms with E-state index in [2.05, 4.69) is 6.58 Å². The predicted octanol–water partition coefficient (Wildman–Crippen LogP) is -0.944. The molecule has 7 atom stereocenters. The van der Waals surface area contributed by atoms with Crippen LogP contribution in [0.2, 0.25) is 0 Å². The Kier molecular flexibility index (Phi) is 6.15. The van der Waals surface area contributed by atoms with Gasteiger partial charge in [-0.25, -0.2) is 0 Å². The molecule has 5 N–H and O–H groups in total. The second-order valence-electron chi connectivity index (χ2n) is 6.96. The fourth-order valence-electron chi connectivity index (χ4n) is 3.25. The molecule has 1 aromatic carbocycles. The van der Waals surface area contributed by atoms with Crippen molar-refractivity contribution >= 4 is 5.78 Å². The van der Waals surface area contributed by atoms with Gasteiger partial charge in [0.25, 0.3) is 0 Å². The number of carbonyl (C=O) groups excluding carboxylic acids is 1. The second kappa shape index (κ2) is 8.26. The molecule has 0 aromatic heterocycles. The number of hydrogen-bond acceptors (Lipinski definition) is 9. The number of aliphatic hydroxyl groups is 5. The van der Waals surface area contributed by atoms with Gasteiger partial charge in [0.05, 0.1) is 13.2 Å². The molecule has 1 aromatic rings. The third kappa shape index (κ3) is 3.83. The zero-order valence-electron chi connectivity index (χ0n) is 15.3. The van der Waals surface area contributed by atoms with Crippen LogP contribution in [0.15, 0.2) is 30.4 Å². The highest BCUT2D eigenvalue weighted by Gasteiger charge is 2.44. The SMILES string of the molecule is C=C(CO[C@@H]1O[C@H](CO)[C@@H](O)[C@H](O)[C@H]1O)[C@@H]1Oc2ccc(C(C)=O)cc2[C@@H]1O. The lowest BCUT2D eigenvalue weighted by Crippen LogP contribution is -2.59. The molecule has 0 unspecified atom stereocenters. The van der Waals surface area contributed by atoms with Crippen LogP contribution in [0.5, 0.6) is 5.75 Å². The van der Waals surface area contributed by atoms with E-state index in [1.54, 1.807) is 18.2 Å². The molecule has 28 heavy (non-hydrogen) atoms. The molecule has 1 fully saturated rings. The molecular formula is C19H24O9. The van der Waals surface area contributed by atoms with E-state index in [1.807, 2.05) is 0 Å². The van der Waals surface area contributed by atoms with E-state index in [0.29, 0.717) is 22.4 Å². The summed E-state index contributed by atoms with van der Waals surface area (Å²) in [5.74, 6) is 0.291. The standard InChI is InChI=1S/C19H24O9/c1-8(7-26-19-17(25)16(24)15(23)13(6-20)28-19)18-14(22)11-5-10(9(2)21)3-4-12(11)27-18/h3-5,13-20,22-25H,1,6-7H2,2H3/t13-,14+,15-,16+,17-,18+,19-/m1/s1. The Labute approximate surface area is 161 Å². The average molecular weight is 396 g/mol. The van der Waals surface area contributed by atoms with E-state index < -0.39 is 49.5 Å². The summed E-state index contributed by atoms with van der Waals surface area (Å²) in [4.78, 5) is 11.5. The van der Waals surface area contributed by atoms with Crippen molar-refractivity contribution in [2.45, 2.75) is 49.8 Å². The third-order valence-electron chi connectivity index (χ3n) is 4.96. The zero-order chi connectivity index (χ0) is 20.6. The molecule has 9 heteroatoms. The number of Topliss-reactive ketones (excluding diaryl/α,β-unsaturated/α-hetero) is 1. The van der Waals surface area contributed by atoms with E-state index in [-0.39, 0.29) is 12.4 Å². The first-order valence-corrected chi connectivity index (χ1v) is 8.84. The van der Waals surface area contributed by atoms with Crippen LogP contribution in [-0.2, 0) is 9.47 Å². The van der Waals surface area contributed by atoms with Crippen LogP contribution in [0.25, 0.3) is 0 Å². The number of benzene rings is 1. The normalized spacial score (nSPS) is 34.6. The molecule has 0 bridgehead atoms. The first-order valence-electron chi connectivity index (χ1n) is 8.84. The van der Waals surface area contributed by atoms with Gasteiger partial charge in [-0.3, -0.25) is 4.79 Å². The number of hydrogen-bond donors (Lipinski definition) is 5. The lowest BCUT2D eigenvalue weighted by Gasteiger charge is -2.39. The van der Waals surface area contributed by atoms with Crippen molar-refractivity contribution < 1.29 is 44.5 Å². The highest BCUT2D eigenvalue weighted by atomic mass is 16.7. The van der Waals surface area contributed by atoms with E-state index in [1.165, 1.54) is 6.92 Å². The molecule has 3 rings (SSSR count). The molecule has 2 aliphatic heterocycles. The van der Waals surface area contributed by atoms with Crippen LogP contribution in [-0.4, -0.2) is 81.3 Å². The van der Waals surface area contributed by atoms with Crippen molar-refractivity contribution in [3.63, 3.8) is 0 Å². The predicted molar refractivity (Wildman–Crippen MR) is 94.7 cm³/mol. The van der Waals surface area contributed by atoms with Crippen molar-refractivity contribution in [1.29, 1.82) is 0 Å². The van der Waals surface area contributed by atoms with Crippen LogP contribution < -0.4 is 4.74 Å². The Morgan fingerprint density at radius 2 is 1.89 bits per heavy atom. The molecular weight excluding hydrogens is 372 g/mol. The Bertz CT molecular complexity index is 747. The van der Waals surface area contributed by atoms with Crippen LogP contribution in [0.1, 0.15) is 28.9 Å².